The molecule has 0 aliphatic carbocycles. The molecule has 5 aromatic carbocycles. The van der Waals surface area contributed by atoms with Gasteiger partial charge in [0.2, 0.25) is 0 Å². The first-order valence-electron chi connectivity index (χ1n) is 17.6. The molecule has 51 heavy (non-hydrogen) atoms. The number of dihydropyridines is 1. The largest absolute Gasteiger partial charge is 0.283 e. The average molecular weight is 658 g/mol. The SMILES string of the molecule is CC1=Nc2c(ccc3ccc(-c4ccccc4)nc23)C(c2cccc(-c3cccc(-c4cc(C5=NCCC=C5)nc(-c5ccccc5)n4)c3)c2)C1. The van der Waals surface area contributed by atoms with E-state index in [1.165, 1.54) is 16.7 Å². The van der Waals surface area contributed by atoms with Crippen molar-refractivity contribution in [2.24, 2.45) is 9.98 Å². The second kappa shape index (κ2) is 13.2. The van der Waals surface area contributed by atoms with E-state index in [1.54, 1.807) is 0 Å². The van der Waals surface area contributed by atoms with Crippen molar-refractivity contribution >= 4 is 28.0 Å². The topological polar surface area (TPSA) is 63.4 Å². The van der Waals surface area contributed by atoms with Gasteiger partial charge in [0.15, 0.2) is 5.82 Å². The molecule has 5 heteroatoms. The highest BCUT2D eigenvalue weighted by atomic mass is 14.9. The van der Waals surface area contributed by atoms with Crippen LogP contribution >= 0.6 is 0 Å². The van der Waals surface area contributed by atoms with Crippen LogP contribution in [-0.2, 0) is 0 Å². The van der Waals surface area contributed by atoms with Gasteiger partial charge in [-0.2, -0.15) is 0 Å². The van der Waals surface area contributed by atoms with E-state index in [0.717, 1.165) is 86.7 Å². The minimum absolute atomic E-state index is 0.175. The van der Waals surface area contributed by atoms with Crippen molar-refractivity contribution in [1.82, 2.24) is 15.0 Å². The molecule has 0 bridgehead atoms. The Morgan fingerprint density at radius 3 is 2.08 bits per heavy atom. The van der Waals surface area contributed by atoms with Gasteiger partial charge < -0.3 is 0 Å². The van der Waals surface area contributed by atoms with Gasteiger partial charge in [-0.3, -0.25) is 9.98 Å². The lowest BCUT2D eigenvalue weighted by Gasteiger charge is -2.25. The quantitative estimate of drug-likeness (QED) is 0.179. The summed E-state index contributed by atoms with van der Waals surface area (Å²) < 4.78 is 0. The van der Waals surface area contributed by atoms with Crippen LogP contribution in [0.1, 0.15) is 42.5 Å². The molecule has 4 heterocycles. The average Bonchev–Trinajstić information content (AvgIpc) is 3.21. The number of aliphatic imine (C=N–C) groups is 2. The van der Waals surface area contributed by atoms with Crippen LogP contribution in [0.4, 0.5) is 5.69 Å². The molecular formula is C46H35N5. The van der Waals surface area contributed by atoms with Gasteiger partial charge in [-0.15, -0.1) is 0 Å². The van der Waals surface area contributed by atoms with E-state index in [9.17, 15) is 0 Å². The first-order valence-corrected chi connectivity index (χ1v) is 17.6. The maximum absolute atomic E-state index is 5.16. The molecule has 9 rings (SSSR count). The molecule has 0 spiro atoms. The summed E-state index contributed by atoms with van der Waals surface area (Å²) in [7, 11) is 0. The first kappa shape index (κ1) is 30.7. The summed E-state index contributed by atoms with van der Waals surface area (Å²) in [6.07, 6.45) is 6.06. The van der Waals surface area contributed by atoms with E-state index < -0.39 is 0 Å². The summed E-state index contributed by atoms with van der Waals surface area (Å²) in [5.41, 5.74) is 14.6. The third-order valence-corrected chi connectivity index (χ3v) is 9.77. The number of hydrogen-bond donors (Lipinski definition) is 0. The highest BCUT2D eigenvalue weighted by molar-refractivity contribution is 6.08. The first-order chi connectivity index (χ1) is 25.2. The number of pyridine rings is 1. The molecule has 0 N–H and O–H groups in total. The highest BCUT2D eigenvalue weighted by Crippen LogP contribution is 2.43. The van der Waals surface area contributed by atoms with Crippen LogP contribution in [0.3, 0.4) is 0 Å². The van der Waals surface area contributed by atoms with Crippen molar-refractivity contribution in [3.8, 4) is 45.0 Å². The minimum Gasteiger partial charge on any atom is -0.283 e. The lowest BCUT2D eigenvalue weighted by Crippen LogP contribution is -2.11. The van der Waals surface area contributed by atoms with Crippen LogP contribution in [-0.4, -0.2) is 32.9 Å². The summed E-state index contributed by atoms with van der Waals surface area (Å²) >= 11 is 0. The number of rotatable bonds is 6. The third kappa shape index (κ3) is 6.08. The van der Waals surface area contributed by atoms with E-state index in [-0.39, 0.29) is 5.92 Å². The van der Waals surface area contributed by atoms with Crippen molar-refractivity contribution in [1.29, 1.82) is 0 Å². The van der Waals surface area contributed by atoms with Crippen LogP contribution in [0.5, 0.6) is 0 Å². The van der Waals surface area contributed by atoms with E-state index in [0.29, 0.717) is 5.82 Å². The zero-order valence-electron chi connectivity index (χ0n) is 28.4. The Kier molecular flexibility index (Phi) is 7.94. The maximum Gasteiger partial charge on any atom is 0.160 e. The molecule has 2 aromatic heterocycles. The summed E-state index contributed by atoms with van der Waals surface area (Å²) in [5, 5.41) is 1.10. The molecule has 5 nitrogen and oxygen atoms in total. The van der Waals surface area contributed by atoms with E-state index in [4.69, 9.17) is 24.9 Å². The van der Waals surface area contributed by atoms with Crippen LogP contribution in [0.2, 0.25) is 0 Å². The van der Waals surface area contributed by atoms with Crippen molar-refractivity contribution in [3.05, 3.63) is 168 Å². The third-order valence-electron chi connectivity index (χ3n) is 9.77. The molecule has 1 unspecified atom stereocenters. The normalized spacial score (nSPS) is 15.3. The van der Waals surface area contributed by atoms with Crippen LogP contribution < -0.4 is 0 Å². The maximum atomic E-state index is 5.16. The number of aromatic nitrogens is 3. The lowest BCUT2D eigenvalue weighted by atomic mass is 9.82. The second-order valence-corrected chi connectivity index (χ2v) is 13.2. The number of allylic oxidation sites excluding steroid dienone is 1. The van der Waals surface area contributed by atoms with Crippen molar-refractivity contribution in [2.45, 2.75) is 25.7 Å². The Morgan fingerprint density at radius 1 is 0.569 bits per heavy atom. The van der Waals surface area contributed by atoms with E-state index >= 15 is 0 Å². The Morgan fingerprint density at radius 2 is 1.27 bits per heavy atom. The molecule has 0 saturated heterocycles. The minimum atomic E-state index is 0.175. The molecule has 1 atom stereocenters. The van der Waals surface area contributed by atoms with E-state index in [1.807, 2.05) is 24.3 Å². The number of benzene rings is 5. The predicted octanol–water partition coefficient (Wildman–Crippen LogP) is 11.1. The fraction of sp³-hybridized carbons (Fsp3) is 0.109. The van der Waals surface area contributed by atoms with Crippen LogP contribution in [0, 0.1) is 0 Å². The van der Waals surface area contributed by atoms with Gasteiger partial charge in [-0.05, 0) is 66.3 Å². The Hall–Kier alpha value is -6.33. The van der Waals surface area contributed by atoms with Gasteiger partial charge in [0, 0.05) is 40.3 Å². The van der Waals surface area contributed by atoms with Gasteiger partial charge in [0.1, 0.15) is 0 Å². The second-order valence-electron chi connectivity index (χ2n) is 13.2. The smallest absolute Gasteiger partial charge is 0.160 e. The zero-order chi connectivity index (χ0) is 34.1. The number of nitrogens with zero attached hydrogens (tertiary/aromatic N) is 5. The molecule has 244 valence electrons. The summed E-state index contributed by atoms with van der Waals surface area (Å²) in [4.78, 5) is 25.1. The number of fused-ring (bicyclic) bond motifs is 3. The van der Waals surface area contributed by atoms with Crippen molar-refractivity contribution < 1.29 is 0 Å². The van der Waals surface area contributed by atoms with Gasteiger partial charge >= 0.3 is 0 Å². The molecule has 2 aliphatic heterocycles. The van der Waals surface area contributed by atoms with Crippen LogP contribution in [0.25, 0.3) is 55.9 Å². The molecule has 0 saturated carbocycles. The van der Waals surface area contributed by atoms with Crippen molar-refractivity contribution in [3.63, 3.8) is 0 Å². The Bertz CT molecular complexity index is 2510. The zero-order valence-corrected chi connectivity index (χ0v) is 28.4. The van der Waals surface area contributed by atoms with Gasteiger partial charge in [0.25, 0.3) is 0 Å². The molecule has 0 radical (unpaired) electrons. The fourth-order valence-corrected chi connectivity index (χ4v) is 7.21. The summed E-state index contributed by atoms with van der Waals surface area (Å²) in [6.45, 7) is 2.91. The van der Waals surface area contributed by atoms with E-state index in [2.05, 4.69) is 134 Å². The predicted molar refractivity (Wildman–Crippen MR) is 210 cm³/mol. The molecular weight excluding hydrogens is 623 g/mol. The van der Waals surface area contributed by atoms with Crippen molar-refractivity contribution in [2.75, 3.05) is 6.54 Å². The molecule has 2 aliphatic rings. The van der Waals surface area contributed by atoms with Gasteiger partial charge in [-0.1, -0.05) is 127 Å². The molecule has 7 aromatic rings. The highest BCUT2D eigenvalue weighted by Gasteiger charge is 2.25. The Labute approximate surface area is 297 Å². The standard InChI is InChI=1S/C46H35N5/c1-30-26-39(38-23-21-32-22-24-40(31-12-4-2-5-13-31)49-44(32)45(38)48-30)36-18-10-16-34(27-36)35-17-11-19-37(28-35)42-29-43(41-20-8-9-25-47-41)51-46(50-42)33-14-6-3-7-15-33/h2-8,10-24,27-29,39H,9,25-26H2,1H3. The van der Waals surface area contributed by atoms with Gasteiger partial charge in [-0.25, -0.2) is 15.0 Å². The summed E-state index contributed by atoms with van der Waals surface area (Å²) in [5.74, 6) is 0.873. The fourth-order valence-electron chi connectivity index (χ4n) is 7.21. The monoisotopic (exact) mass is 657 g/mol. The van der Waals surface area contributed by atoms with Crippen LogP contribution in [0.15, 0.2) is 162 Å². The number of hydrogen-bond acceptors (Lipinski definition) is 5. The Balaban J connectivity index is 1.09. The molecule has 0 amide bonds. The van der Waals surface area contributed by atoms with Gasteiger partial charge in [0.05, 0.1) is 34.0 Å². The molecule has 0 fully saturated rings. The summed E-state index contributed by atoms with van der Waals surface area (Å²) in [6, 6.07) is 48.9. The lowest BCUT2D eigenvalue weighted by molar-refractivity contribution is 0.839.